The summed E-state index contributed by atoms with van der Waals surface area (Å²) >= 11 is 5.86. The van der Waals surface area contributed by atoms with Crippen LogP contribution in [0.25, 0.3) is 16.5 Å². The van der Waals surface area contributed by atoms with E-state index in [1.54, 1.807) is 30.4 Å². The molecule has 0 saturated heterocycles. The molecule has 1 aromatic carbocycles. The number of benzene rings is 1. The second kappa shape index (κ2) is 5.95. The molecule has 0 atom stereocenters. The molecule has 1 aromatic rings. The van der Waals surface area contributed by atoms with Crippen molar-refractivity contribution in [2.24, 2.45) is 5.11 Å². The van der Waals surface area contributed by atoms with Gasteiger partial charge in [0.05, 0.1) is 5.02 Å². The molecule has 16 heavy (non-hydrogen) atoms. The molecule has 0 radical (unpaired) electrons. The average molecular weight is 236 g/mol. The van der Waals surface area contributed by atoms with Crippen LogP contribution in [0.1, 0.15) is 22.8 Å². The minimum atomic E-state index is -0.0738. The van der Waals surface area contributed by atoms with Gasteiger partial charge in [-0.1, -0.05) is 34.9 Å². The molecule has 0 saturated carbocycles. The summed E-state index contributed by atoms with van der Waals surface area (Å²) in [6.07, 6.45) is 3.49. The molecule has 0 aliphatic heterocycles. The van der Waals surface area contributed by atoms with E-state index in [1.165, 1.54) is 6.92 Å². The molecule has 0 unspecified atom stereocenters. The smallest absolute Gasteiger partial charge is 0.161 e. The molecule has 4 nitrogen and oxygen atoms in total. The normalized spacial score (nSPS) is 10.1. The lowest BCUT2D eigenvalue weighted by atomic mass is 10.1. The van der Waals surface area contributed by atoms with Gasteiger partial charge >= 0.3 is 0 Å². The first-order valence-electron chi connectivity index (χ1n) is 4.63. The van der Waals surface area contributed by atoms with Crippen LogP contribution in [-0.4, -0.2) is 12.3 Å². The van der Waals surface area contributed by atoms with Gasteiger partial charge in [-0.3, -0.25) is 4.79 Å². The maximum absolute atomic E-state index is 11.2. The van der Waals surface area contributed by atoms with Crippen LogP contribution in [0.3, 0.4) is 0 Å². The Kier molecular flexibility index (Phi) is 4.58. The summed E-state index contributed by atoms with van der Waals surface area (Å²) in [7, 11) is 0. The molecule has 0 aliphatic rings. The number of hydrogen-bond acceptors (Lipinski definition) is 2. The Morgan fingerprint density at radius 3 is 3.00 bits per heavy atom. The van der Waals surface area contributed by atoms with E-state index in [1.807, 2.05) is 0 Å². The second-order valence-corrected chi connectivity index (χ2v) is 3.52. The van der Waals surface area contributed by atoms with Gasteiger partial charge in [0.25, 0.3) is 0 Å². The van der Waals surface area contributed by atoms with Crippen molar-refractivity contribution in [3.63, 3.8) is 0 Å². The molecule has 0 N–H and O–H groups in total. The first-order chi connectivity index (χ1) is 7.65. The fourth-order valence-corrected chi connectivity index (χ4v) is 1.44. The third kappa shape index (κ3) is 3.42. The van der Waals surface area contributed by atoms with E-state index < -0.39 is 0 Å². The zero-order chi connectivity index (χ0) is 12.0. The van der Waals surface area contributed by atoms with Crippen LogP contribution in [-0.2, 0) is 0 Å². The van der Waals surface area contributed by atoms with Crippen molar-refractivity contribution in [3.05, 3.63) is 50.9 Å². The van der Waals surface area contributed by atoms with Crippen molar-refractivity contribution in [3.8, 4) is 0 Å². The molecule has 5 heteroatoms. The minimum absolute atomic E-state index is 0.0738. The van der Waals surface area contributed by atoms with E-state index >= 15 is 0 Å². The lowest BCUT2D eigenvalue weighted by molar-refractivity contribution is 0.101. The number of carbonyl (C=O) groups excluding carboxylic acids is 1. The maximum Gasteiger partial charge on any atom is 0.161 e. The van der Waals surface area contributed by atoms with Gasteiger partial charge < -0.3 is 0 Å². The van der Waals surface area contributed by atoms with Crippen LogP contribution in [0.15, 0.2) is 29.4 Å². The summed E-state index contributed by atoms with van der Waals surface area (Å²) < 4.78 is 0. The predicted octanol–water partition coefficient (Wildman–Crippen LogP) is 3.87. The molecular formula is C11H10ClN3O. The summed E-state index contributed by atoms with van der Waals surface area (Å²) in [6, 6.07) is 5.17. The highest BCUT2D eigenvalue weighted by Gasteiger charge is 2.04. The van der Waals surface area contributed by atoms with Crippen molar-refractivity contribution >= 4 is 23.5 Å². The number of rotatable bonds is 4. The first kappa shape index (κ1) is 12.3. The molecule has 0 aliphatic carbocycles. The largest absolute Gasteiger partial charge is 0.294 e. The number of ketones is 1. The van der Waals surface area contributed by atoms with Gasteiger partial charge in [0.15, 0.2) is 5.78 Å². The number of azide groups is 1. The van der Waals surface area contributed by atoms with E-state index in [2.05, 4.69) is 10.0 Å². The van der Waals surface area contributed by atoms with Gasteiger partial charge in [-0.15, -0.1) is 0 Å². The molecule has 0 spiro atoms. The quantitative estimate of drug-likeness (QED) is 0.338. The Morgan fingerprint density at radius 2 is 2.38 bits per heavy atom. The molecule has 0 aromatic heterocycles. The summed E-state index contributed by atoms with van der Waals surface area (Å²) in [5.74, 6) is -0.0738. The average Bonchev–Trinajstić information content (AvgIpc) is 2.26. The third-order valence-electron chi connectivity index (χ3n) is 1.93. The van der Waals surface area contributed by atoms with Crippen LogP contribution in [0, 0.1) is 0 Å². The Morgan fingerprint density at radius 1 is 1.62 bits per heavy atom. The highest BCUT2D eigenvalue weighted by atomic mass is 35.5. The molecule has 0 fully saturated rings. The van der Waals surface area contributed by atoms with E-state index in [-0.39, 0.29) is 12.3 Å². The number of nitrogens with zero attached hydrogens (tertiary/aromatic N) is 3. The maximum atomic E-state index is 11.2. The highest BCUT2D eigenvalue weighted by Crippen LogP contribution is 2.18. The highest BCUT2D eigenvalue weighted by molar-refractivity contribution is 6.33. The number of hydrogen-bond donors (Lipinski definition) is 0. The molecular weight excluding hydrogens is 226 g/mol. The van der Waals surface area contributed by atoms with Gasteiger partial charge in [-0.05, 0) is 30.2 Å². The summed E-state index contributed by atoms with van der Waals surface area (Å²) in [5.41, 5.74) is 9.42. The van der Waals surface area contributed by atoms with Gasteiger partial charge in [-0.25, -0.2) is 0 Å². The molecule has 0 bridgehead atoms. The fraction of sp³-hybridized carbons (Fsp3) is 0.182. The fourth-order valence-electron chi connectivity index (χ4n) is 1.19. The van der Waals surface area contributed by atoms with Crippen LogP contribution >= 0.6 is 11.6 Å². The van der Waals surface area contributed by atoms with Crippen molar-refractivity contribution in [2.75, 3.05) is 6.54 Å². The predicted molar refractivity (Wildman–Crippen MR) is 64.5 cm³/mol. The van der Waals surface area contributed by atoms with Crippen LogP contribution in [0.5, 0.6) is 0 Å². The van der Waals surface area contributed by atoms with Gasteiger partial charge in [0.1, 0.15) is 0 Å². The number of halogens is 1. The van der Waals surface area contributed by atoms with Crippen LogP contribution in [0.2, 0.25) is 5.02 Å². The van der Waals surface area contributed by atoms with Crippen LogP contribution in [0.4, 0.5) is 0 Å². The minimum Gasteiger partial charge on any atom is -0.294 e. The van der Waals surface area contributed by atoms with Crippen molar-refractivity contribution < 1.29 is 4.79 Å². The molecule has 0 amide bonds. The molecule has 0 heterocycles. The second-order valence-electron chi connectivity index (χ2n) is 3.11. The standard InChI is InChI=1S/C11H10ClN3O/c1-8(16)10-7-9(4-5-11(10)12)3-2-6-14-15-13/h2-5,7H,6H2,1H3. The van der Waals surface area contributed by atoms with Crippen molar-refractivity contribution in [1.29, 1.82) is 0 Å². The first-order valence-corrected chi connectivity index (χ1v) is 5.01. The summed E-state index contributed by atoms with van der Waals surface area (Å²) in [4.78, 5) is 13.8. The Labute approximate surface area is 98.2 Å². The Hall–Kier alpha value is -1.77. The third-order valence-corrected chi connectivity index (χ3v) is 2.26. The topological polar surface area (TPSA) is 65.8 Å². The number of carbonyl (C=O) groups is 1. The van der Waals surface area contributed by atoms with Crippen molar-refractivity contribution in [1.82, 2.24) is 0 Å². The number of Topliss-reactive ketones (excluding diaryl/α,β-unsaturated/α-hetero) is 1. The summed E-state index contributed by atoms with van der Waals surface area (Å²) in [6.45, 7) is 1.75. The van der Waals surface area contributed by atoms with Crippen LogP contribution < -0.4 is 0 Å². The SMILES string of the molecule is CC(=O)c1cc(C=CCN=[N+]=[N-])ccc1Cl. The lowest BCUT2D eigenvalue weighted by Crippen LogP contribution is -1.93. The zero-order valence-corrected chi connectivity index (χ0v) is 9.48. The Balaban J connectivity index is 2.90. The van der Waals surface area contributed by atoms with E-state index in [4.69, 9.17) is 17.1 Å². The van der Waals surface area contributed by atoms with E-state index in [0.29, 0.717) is 10.6 Å². The monoisotopic (exact) mass is 235 g/mol. The molecule has 1 rings (SSSR count). The van der Waals surface area contributed by atoms with Crippen molar-refractivity contribution in [2.45, 2.75) is 6.92 Å². The van der Waals surface area contributed by atoms with Gasteiger partial charge in [-0.2, -0.15) is 0 Å². The summed E-state index contributed by atoms with van der Waals surface area (Å²) in [5, 5.41) is 3.81. The zero-order valence-electron chi connectivity index (χ0n) is 8.72. The van der Waals surface area contributed by atoms with Gasteiger partial charge in [0, 0.05) is 17.0 Å². The van der Waals surface area contributed by atoms with E-state index in [9.17, 15) is 4.79 Å². The molecule has 82 valence electrons. The lowest BCUT2D eigenvalue weighted by Gasteiger charge is -2.01. The Bertz CT molecular complexity index is 476. The van der Waals surface area contributed by atoms with E-state index in [0.717, 1.165) is 5.56 Å². The van der Waals surface area contributed by atoms with Gasteiger partial charge in [0.2, 0.25) is 0 Å².